The van der Waals surface area contributed by atoms with Gasteiger partial charge < -0.3 is 14.6 Å². The number of carbonyl (C=O) groups is 3. The van der Waals surface area contributed by atoms with E-state index in [1.807, 2.05) is 0 Å². The number of methoxy groups -OCH3 is 2. The lowest BCUT2D eigenvalue weighted by atomic mass is 10.1. The molecule has 0 aliphatic carbocycles. The summed E-state index contributed by atoms with van der Waals surface area (Å²) < 4.78 is 35.3. The van der Waals surface area contributed by atoms with Gasteiger partial charge in [-0.15, -0.1) is 0 Å². The Morgan fingerprint density at radius 1 is 1.04 bits per heavy atom. The molecule has 0 spiro atoms. The summed E-state index contributed by atoms with van der Waals surface area (Å²) in [6.07, 6.45) is 0.382. The molecular weight excluding hydrogens is 354 g/mol. The van der Waals surface area contributed by atoms with Crippen molar-refractivity contribution < 1.29 is 37.4 Å². The summed E-state index contributed by atoms with van der Waals surface area (Å²) in [5, 5.41) is 8.93. The molecule has 25 heavy (non-hydrogen) atoms. The average molecular weight is 373 g/mol. The van der Waals surface area contributed by atoms with Gasteiger partial charge in [-0.05, 0) is 24.6 Å². The van der Waals surface area contributed by atoms with E-state index < -0.39 is 39.4 Å². The third-order valence-corrected chi connectivity index (χ3v) is 4.99. The van der Waals surface area contributed by atoms with E-state index in [4.69, 9.17) is 5.11 Å². The lowest BCUT2D eigenvalue weighted by molar-refractivity contribution is -0.137. The van der Waals surface area contributed by atoms with Crippen LogP contribution in [0.1, 0.15) is 34.1 Å². The Morgan fingerprint density at radius 2 is 1.52 bits per heavy atom. The van der Waals surface area contributed by atoms with Crippen molar-refractivity contribution in [3.8, 4) is 0 Å². The first-order valence-electron chi connectivity index (χ1n) is 7.21. The Balaban J connectivity index is 3.52. The van der Waals surface area contributed by atoms with Gasteiger partial charge in [0.05, 0.1) is 30.2 Å². The number of nitrogens with zero attached hydrogens (tertiary/aromatic N) is 1. The minimum absolute atomic E-state index is 0.0371. The summed E-state index contributed by atoms with van der Waals surface area (Å²) in [4.78, 5) is 34.1. The van der Waals surface area contributed by atoms with Crippen LogP contribution in [0.25, 0.3) is 0 Å². The van der Waals surface area contributed by atoms with Crippen LogP contribution in [0.4, 0.5) is 0 Å². The summed E-state index contributed by atoms with van der Waals surface area (Å²) in [7, 11) is -2.04. The molecule has 0 amide bonds. The van der Waals surface area contributed by atoms with E-state index in [2.05, 4.69) is 9.47 Å². The Labute approximate surface area is 145 Å². The van der Waals surface area contributed by atoms with Crippen LogP contribution in [0, 0.1) is 0 Å². The molecule has 138 valence electrons. The van der Waals surface area contributed by atoms with Crippen LogP contribution >= 0.6 is 0 Å². The van der Waals surface area contributed by atoms with Gasteiger partial charge in [0.15, 0.2) is 0 Å². The zero-order valence-corrected chi connectivity index (χ0v) is 14.8. The molecule has 10 heteroatoms. The fraction of sp³-hybridized carbons (Fsp3) is 0.400. The van der Waals surface area contributed by atoms with Crippen molar-refractivity contribution in [3.63, 3.8) is 0 Å². The van der Waals surface area contributed by atoms with Crippen LogP contribution in [0.2, 0.25) is 0 Å². The van der Waals surface area contributed by atoms with Crippen LogP contribution in [0.15, 0.2) is 23.1 Å². The Morgan fingerprint density at radius 3 is 1.88 bits per heavy atom. The normalized spacial score (nSPS) is 11.2. The van der Waals surface area contributed by atoms with Crippen molar-refractivity contribution in [1.82, 2.24) is 4.31 Å². The molecule has 9 nitrogen and oxygen atoms in total. The SMILES string of the molecule is CCCN(CC(=O)O)S(=O)(=O)c1cc(C(=O)OC)cc(C(=O)OC)c1. The molecule has 0 unspecified atom stereocenters. The molecule has 1 aromatic rings. The van der Waals surface area contributed by atoms with Crippen molar-refractivity contribution >= 4 is 27.9 Å². The van der Waals surface area contributed by atoms with Crippen LogP contribution < -0.4 is 0 Å². The number of carboxylic acids is 1. The number of sulfonamides is 1. The van der Waals surface area contributed by atoms with E-state index in [1.165, 1.54) is 0 Å². The molecule has 0 fully saturated rings. The van der Waals surface area contributed by atoms with Gasteiger partial charge >= 0.3 is 17.9 Å². The largest absolute Gasteiger partial charge is 0.480 e. The second-order valence-electron chi connectivity index (χ2n) is 4.96. The molecule has 0 aliphatic rings. The molecule has 0 saturated carbocycles. The van der Waals surface area contributed by atoms with Crippen molar-refractivity contribution in [2.24, 2.45) is 0 Å². The van der Waals surface area contributed by atoms with Crippen molar-refractivity contribution in [2.75, 3.05) is 27.3 Å². The highest BCUT2D eigenvalue weighted by Crippen LogP contribution is 2.21. The maximum atomic E-state index is 12.7. The fourth-order valence-corrected chi connectivity index (χ4v) is 3.61. The van der Waals surface area contributed by atoms with E-state index in [1.54, 1.807) is 6.92 Å². The zero-order chi connectivity index (χ0) is 19.2. The first-order chi connectivity index (χ1) is 11.7. The minimum atomic E-state index is -4.25. The number of aliphatic carboxylic acids is 1. The molecule has 0 aliphatic heterocycles. The van der Waals surface area contributed by atoms with Crippen LogP contribution in [-0.2, 0) is 24.3 Å². The lowest BCUT2D eigenvalue weighted by Crippen LogP contribution is -2.36. The standard InChI is InChI=1S/C15H19NO8S/c1-4-5-16(9-13(17)18)25(21,22)12-7-10(14(19)23-2)6-11(8-12)15(20)24-3/h6-8H,4-5,9H2,1-3H3,(H,17,18). The van der Waals surface area contributed by atoms with Gasteiger partial charge in [0.2, 0.25) is 10.0 Å². The molecule has 0 heterocycles. The second kappa shape index (κ2) is 8.58. The molecular formula is C15H19NO8S. The smallest absolute Gasteiger partial charge is 0.337 e. The third kappa shape index (κ3) is 5.00. The van der Waals surface area contributed by atoms with Crippen molar-refractivity contribution in [2.45, 2.75) is 18.2 Å². The predicted octanol–water partition coefficient (Wildman–Crippen LogP) is 0.745. The number of carboxylic acid groups (broad SMARTS) is 1. The van der Waals surface area contributed by atoms with E-state index in [0.29, 0.717) is 6.42 Å². The molecule has 0 saturated heterocycles. The summed E-state index contributed by atoms with van der Waals surface area (Å²) >= 11 is 0. The van der Waals surface area contributed by atoms with E-state index >= 15 is 0 Å². The number of rotatable bonds is 8. The summed E-state index contributed by atoms with van der Waals surface area (Å²) in [6.45, 7) is 0.909. The fourth-order valence-electron chi connectivity index (χ4n) is 2.05. The van der Waals surface area contributed by atoms with E-state index in [0.717, 1.165) is 36.7 Å². The van der Waals surface area contributed by atoms with Crippen LogP contribution in [-0.4, -0.2) is 63.0 Å². The Kier molecular flexibility index (Phi) is 7.07. The second-order valence-corrected chi connectivity index (χ2v) is 6.90. The molecule has 1 aromatic carbocycles. The number of esters is 2. The minimum Gasteiger partial charge on any atom is -0.480 e. The van der Waals surface area contributed by atoms with Gasteiger partial charge in [-0.1, -0.05) is 6.92 Å². The molecule has 1 N–H and O–H groups in total. The van der Waals surface area contributed by atoms with Gasteiger partial charge in [-0.25, -0.2) is 18.0 Å². The molecule has 0 radical (unpaired) electrons. The quantitative estimate of drug-likeness (QED) is 0.661. The Hall–Kier alpha value is -2.46. The first kappa shape index (κ1) is 20.6. The van der Waals surface area contributed by atoms with E-state index in [9.17, 15) is 22.8 Å². The Bertz CT molecular complexity index is 737. The van der Waals surface area contributed by atoms with Gasteiger partial charge in [0.25, 0.3) is 0 Å². The van der Waals surface area contributed by atoms with Gasteiger partial charge in [0, 0.05) is 6.54 Å². The van der Waals surface area contributed by atoms with E-state index in [-0.39, 0.29) is 17.7 Å². The zero-order valence-electron chi connectivity index (χ0n) is 14.0. The highest BCUT2D eigenvalue weighted by Gasteiger charge is 2.28. The monoisotopic (exact) mass is 373 g/mol. The molecule has 1 rings (SSSR count). The van der Waals surface area contributed by atoms with Gasteiger partial charge in [-0.3, -0.25) is 4.79 Å². The number of hydrogen-bond donors (Lipinski definition) is 1. The van der Waals surface area contributed by atoms with Crippen LogP contribution in [0.3, 0.4) is 0 Å². The van der Waals surface area contributed by atoms with Crippen molar-refractivity contribution in [1.29, 1.82) is 0 Å². The first-order valence-corrected chi connectivity index (χ1v) is 8.65. The van der Waals surface area contributed by atoms with Crippen LogP contribution in [0.5, 0.6) is 0 Å². The summed E-state index contributed by atoms with van der Waals surface area (Å²) in [6, 6.07) is 3.19. The van der Waals surface area contributed by atoms with Gasteiger partial charge in [-0.2, -0.15) is 4.31 Å². The molecule has 0 bridgehead atoms. The lowest BCUT2D eigenvalue weighted by Gasteiger charge is -2.20. The highest BCUT2D eigenvalue weighted by molar-refractivity contribution is 7.89. The number of ether oxygens (including phenoxy) is 2. The summed E-state index contributed by atoms with van der Waals surface area (Å²) in [5.41, 5.74) is -0.341. The highest BCUT2D eigenvalue weighted by atomic mass is 32.2. The van der Waals surface area contributed by atoms with Crippen molar-refractivity contribution in [3.05, 3.63) is 29.3 Å². The maximum absolute atomic E-state index is 12.7. The average Bonchev–Trinajstić information content (AvgIpc) is 2.59. The number of hydrogen-bond acceptors (Lipinski definition) is 7. The number of carbonyl (C=O) groups excluding carboxylic acids is 2. The molecule has 0 aromatic heterocycles. The molecule has 0 atom stereocenters. The van der Waals surface area contributed by atoms with Gasteiger partial charge in [0.1, 0.15) is 6.54 Å². The number of benzene rings is 1. The topological polar surface area (TPSA) is 127 Å². The summed E-state index contributed by atoms with van der Waals surface area (Å²) in [5.74, 6) is -3.01. The third-order valence-electron chi connectivity index (χ3n) is 3.17. The predicted molar refractivity (Wildman–Crippen MR) is 85.8 cm³/mol. The maximum Gasteiger partial charge on any atom is 0.337 e.